The van der Waals surface area contributed by atoms with Crippen molar-refractivity contribution in [1.29, 1.82) is 0 Å². The Kier molecular flexibility index (Phi) is 6.86. The summed E-state index contributed by atoms with van der Waals surface area (Å²) in [6, 6.07) is 11.4. The second-order valence-electron chi connectivity index (χ2n) is 6.24. The second kappa shape index (κ2) is 9.10. The van der Waals surface area contributed by atoms with Gasteiger partial charge in [0.05, 0.1) is 13.1 Å². The monoisotopic (exact) mass is 357 g/mol. The van der Waals surface area contributed by atoms with Gasteiger partial charge in [0.2, 0.25) is 11.8 Å². The van der Waals surface area contributed by atoms with Crippen molar-refractivity contribution >= 4 is 23.2 Å². The van der Waals surface area contributed by atoms with Gasteiger partial charge in [-0.1, -0.05) is 25.1 Å². The molecule has 2 aromatic carbocycles. The third-order valence-corrected chi connectivity index (χ3v) is 3.96. The second-order valence-corrected chi connectivity index (χ2v) is 6.24. The summed E-state index contributed by atoms with van der Waals surface area (Å²) in [5, 5.41) is 5.61. The van der Waals surface area contributed by atoms with Crippen LogP contribution in [0, 0.1) is 12.7 Å². The minimum absolute atomic E-state index is 0.0548. The molecule has 2 N–H and O–H groups in total. The molecule has 0 bridgehead atoms. The minimum Gasteiger partial charge on any atom is -0.325 e. The van der Waals surface area contributed by atoms with Crippen molar-refractivity contribution in [3.63, 3.8) is 0 Å². The summed E-state index contributed by atoms with van der Waals surface area (Å²) >= 11 is 0. The molecule has 0 spiro atoms. The van der Waals surface area contributed by atoms with Gasteiger partial charge in [0, 0.05) is 11.4 Å². The molecule has 0 unspecified atom stereocenters. The number of carbonyl (C=O) groups excluding carboxylic acids is 2. The molecule has 2 aromatic rings. The van der Waals surface area contributed by atoms with Crippen molar-refractivity contribution in [3.05, 3.63) is 59.4 Å². The van der Waals surface area contributed by atoms with Crippen LogP contribution in [0.25, 0.3) is 0 Å². The van der Waals surface area contributed by atoms with Gasteiger partial charge in [-0.3, -0.25) is 14.5 Å². The highest BCUT2D eigenvalue weighted by atomic mass is 19.1. The van der Waals surface area contributed by atoms with E-state index in [-0.39, 0.29) is 30.7 Å². The normalized spacial score (nSPS) is 10.7. The Balaban J connectivity index is 1.87. The predicted molar refractivity (Wildman–Crippen MR) is 102 cm³/mol. The summed E-state index contributed by atoms with van der Waals surface area (Å²) in [4.78, 5) is 25.9. The Labute approximate surface area is 153 Å². The lowest BCUT2D eigenvalue weighted by Gasteiger charge is -2.18. The van der Waals surface area contributed by atoms with Crippen LogP contribution in [0.15, 0.2) is 42.5 Å². The fourth-order valence-electron chi connectivity index (χ4n) is 2.66. The van der Waals surface area contributed by atoms with Crippen LogP contribution in [0.3, 0.4) is 0 Å². The van der Waals surface area contributed by atoms with Crippen molar-refractivity contribution < 1.29 is 14.0 Å². The highest BCUT2D eigenvalue weighted by Crippen LogP contribution is 2.20. The average Bonchev–Trinajstić information content (AvgIpc) is 2.58. The molecule has 2 rings (SSSR count). The van der Waals surface area contributed by atoms with E-state index in [9.17, 15) is 14.0 Å². The highest BCUT2D eigenvalue weighted by molar-refractivity contribution is 5.95. The number of nitrogens with zero attached hydrogens (tertiary/aromatic N) is 1. The van der Waals surface area contributed by atoms with Crippen molar-refractivity contribution in [3.8, 4) is 0 Å². The van der Waals surface area contributed by atoms with Crippen LogP contribution >= 0.6 is 0 Å². The average molecular weight is 357 g/mol. The first-order valence-corrected chi connectivity index (χ1v) is 8.51. The van der Waals surface area contributed by atoms with Crippen molar-refractivity contribution in [2.75, 3.05) is 30.8 Å². The topological polar surface area (TPSA) is 61.4 Å². The van der Waals surface area contributed by atoms with E-state index in [1.807, 2.05) is 32.0 Å². The number of benzene rings is 2. The first kappa shape index (κ1) is 19.6. The summed E-state index contributed by atoms with van der Waals surface area (Å²) in [5.41, 5.74) is 3.44. The number of hydrogen-bond donors (Lipinski definition) is 2. The molecule has 0 atom stereocenters. The van der Waals surface area contributed by atoms with Gasteiger partial charge in [0.25, 0.3) is 0 Å². The molecular weight excluding hydrogens is 333 g/mol. The van der Waals surface area contributed by atoms with Crippen LogP contribution in [-0.2, 0) is 16.0 Å². The van der Waals surface area contributed by atoms with Crippen LogP contribution in [0.2, 0.25) is 0 Å². The van der Waals surface area contributed by atoms with Gasteiger partial charge in [-0.15, -0.1) is 0 Å². The van der Waals surface area contributed by atoms with Gasteiger partial charge in [-0.05, 0) is 55.8 Å². The lowest BCUT2D eigenvalue weighted by Crippen LogP contribution is -2.36. The van der Waals surface area contributed by atoms with Crippen LogP contribution in [0.5, 0.6) is 0 Å². The van der Waals surface area contributed by atoms with Gasteiger partial charge in [-0.25, -0.2) is 4.39 Å². The zero-order valence-corrected chi connectivity index (χ0v) is 15.3. The first-order chi connectivity index (χ1) is 12.4. The molecule has 0 aromatic heterocycles. The molecule has 2 amide bonds. The summed E-state index contributed by atoms with van der Waals surface area (Å²) in [5.74, 6) is -0.803. The molecule has 0 radical (unpaired) electrons. The minimum atomic E-state index is -0.362. The number of rotatable bonds is 7. The Morgan fingerprint density at radius 2 is 1.62 bits per heavy atom. The van der Waals surface area contributed by atoms with Crippen molar-refractivity contribution in [1.82, 2.24) is 4.90 Å². The summed E-state index contributed by atoms with van der Waals surface area (Å²) in [7, 11) is 1.70. The van der Waals surface area contributed by atoms with E-state index in [1.54, 1.807) is 11.9 Å². The van der Waals surface area contributed by atoms with Crippen molar-refractivity contribution in [2.45, 2.75) is 20.3 Å². The maximum Gasteiger partial charge on any atom is 0.238 e. The molecule has 0 saturated carbocycles. The molecular formula is C20H24FN3O2. The molecule has 0 aliphatic heterocycles. The molecule has 0 saturated heterocycles. The number of likely N-dealkylation sites (N-methyl/N-ethyl adjacent to an activating group) is 1. The van der Waals surface area contributed by atoms with E-state index in [1.165, 1.54) is 24.3 Å². The van der Waals surface area contributed by atoms with E-state index < -0.39 is 0 Å². The number of hydrogen-bond acceptors (Lipinski definition) is 3. The van der Waals surface area contributed by atoms with Crippen LogP contribution in [-0.4, -0.2) is 36.9 Å². The number of aryl methyl sites for hydroxylation is 2. The van der Waals surface area contributed by atoms with E-state index in [0.717, 1.165) is 23.2 Å². The molecule has 0 aliphatic rings. The van der Waals surface area contributed by atoms with Crippen LogP contribution in [0.4, 0.5) is 15.8 Å². The summed E-state index contributed by atoms with van der Waals surface area (Å²) in [6.07, 6.45) is 0.827. The van der Waals surface area contributed by atoms with E-state index in [2.05, 4.69) is 10.6 Å². The first-order valence-electron chi connectivity index (χ1n) is 8.51. The highest BCUT2D eigenvalue weighted by Gasteiger charge is 2.13. The lowest BCUT2D eigenvalue weighted by molar-refractivity contribution is -0.119. The maximum atomic E-state index is 12.9. The number of amides is 2. The van der Waals surface area contributed by atoms with Crippen LogP contribution in [0.1, 0.15) is 18.1 Å². The van der Waals surface area contributed by atoms with Crippen LogP contribution < -0.4 is 10.6 Å². The maximum absolute atomic E-state index is 12.9. The SMILES string of the molecule is CCc1cccc(C)c1NC(=O)CN(C)CC(=O)Nc1ccc(F)cc1. The largest absolute Gasteiger partial charge is 0.325 e. The number of para-hydroxylation sites is 1. The Morgan fingerprint density at radius 1 is 1.00 bits per heavy atom. The molecule has 26 heavy (non-hydrogen) atoms. The quantitative estimate of drug-likeness (QED) is 0.800. The third kappa shape index (κ3) is 5.67. The van der Waals surface area contributed by atoms with Gasteiger partial charge in [0.15, 0.2) is 0 Å². The number of nitrogens with one attached hydrogen (secondary N) is 2. The molecule has 5 nitrogen and oxygen atoms in total. The van der Waals surface area contributed by atoms with E-state index in [4.69, 9.17) is 0 Å². The fourth-order valence-corrected chi connectivity index (χ4v) is 2.66. The number of anilines is 2. The summed E-state index contributed by atoms with van der Waals surface area (Å²) < 4.78 is 12.9. The Hall–Kier alpha value is -2.73. The summed E-state index contributed by atoms with van der Waals surface area (Å²) in [6.45, 7) is 4.14. The number of carbonyl (C=O) groups is 2. The Bertz CT molecular complexity index is 775. The predicted octanol–water partition coefficient (Wildman–Crippen LogP) is 3.21. The lowest BCUT2D eigenvalue weighted by atomic mass is 10.1. The van der Waals surface area contributed by atoms with Gasteiger partial charge in [-0.2, -0.15) is 0 Å². The van der Waals surface area contributed by atoms with Gasteiger partial charge in [0.1, 0.15) is 5.82 Å². The van der Waals surface area contributed by atoms with Gasteiger partial charge >= 0.3 is 0 Å². The van der Waals surface area contributed by atoms with E-state index in [0.29, 0.717) is 5.69 Å². The standard InChI is InChI=1S/C20H24FN3O2/c1-4-15-7-5-6-14(2)20(15)23-19(26)13-24(3)12-18(25)22-17-10-8-16(21)9-11-17/h5-11H,4,12-13H2,1-3H3,(H,22,25)(H,23,26). The molecule has 0 aliphatic carbocycles. The third-order valence-electron chi connectivity index (χ3n) is 3.96. The molecule has 6 heteroatoms. The zero-order valence-electron chi connectivity index (χ0n) is 15.3. The molecule has 138 valence electrons. The fraction of sp³-hybridized carbons (Fsp3) is 0.300. The Morgan fingerprint density at radius 3 is 2.23 bits per heavy atom. The smallest absolute Gasteiger partial charge is 0.238 e. The molecule has 0 heterocycles. The van der Waals surface area contributed by atoms with E-state index >= 15 is 0 Å². The number of halogens is 1. The van der Waals surface area contributed by atoms with Gasteiger partial charge < -0.3 is 10.6 Å². The van der Waals surface area contributed by atoms with Crippen molar-refractivity contribution in [2.24, 2.45) is 0 Å². The zero-order chi connectivity index (χ0) is 19.1. The molecule has 0 fully saturated rings.